The third-order valence-corrected chi connectivity index (χ3v) is 3.60. The lowest BCUT2D eigenvalue weighted by molar-refractivity contribution is -0.122. The topological polar surface area (TPSA) is 105 Å². The molecule has 1 unspecified atom stereocenters. The Bertz CT molecular complexity index is 734. The van der Waals surface area contributed by atoms with Crippen molar-refractivity contribution in [2.24, 2.45) is 0 Å². The van der Waals surface area contributed by atoms with Crippen molar-refractivity contribution in [3.63, 3.8) is 0 Å². The van der Waals surface area contributed by atoms with Gasteiger partial charge in [0.05, 0.1) is 12.1 Å². The summed E-state index contributed by atoms with van der Waals surface area (Å²) in [7, 11) is 1.50. The number of rotatable bonds is 7. The second-order valence-corrected chi connectivity index (χ2v) is 5.61. The lowest BCUT2D eigenvalue weighted by atomic mass is 10.2. The summed E-state index contributed by atoms with van der Waals surface area (Å²) >= 11 is 6.10. The van der Waals surface area contributed by atoms with Crippen molar-refractivity contribution in [1.29, 1.82) is 0 Å². The molecule has 0 aliphatic rings. The van der Waals surface area contributed by atoms with E-state index in [2.05, 4.69) is 21.1 Å². The van der Waals surface area contributed by atoms with Gasteiger partial charge in [-0.2, -0.15) is 0 Å². The number of amides is 2. The summed E-state index contributed by atoms with van der Waals surface area (Å²) in [5.41, 5.74) is 1.44. The number of carbonyl (C=O) groups excluding carboxylic acids is 2. The van der Waals surface area contributed by atoms with Crippen molar-refractivity contribution >= 4 is 29.5 Å². The van der Waals surface area contributed by atoms with Crippen molar-refractivity contribution in [1.82, 2.24) is 15.8 Å². The number of benzene rings is 1. The third-order valence-electron chi connectivity index (χ3n) is 3.23. The maximum atomic E-state index is 12.0. The summed E-state index contributed by atoms with van der Waals surface area (Å²) in [5, 5.41) is 12.1. The highest BCUT2D eigenvalue weighted by Gasteiger charge is 2.19. The van der Waals surface area contributed by atoms with Crippen LogP contribution in [0.3, 0.4) is 0 Å². The molecule has 2 amide bonds. The number of halogens is 1. The number of nitrogens with zero attached hydrogens (tertiary/aromatic N) is 1. The molecule has 0 spiro atoms. The molecule has 1 atom stereocenters. The highest BCUT2D eigenvalue weighted by Crippen LogP contribution is 2.15. The van der Waals surface area contributed by atoms with Crippen molar-refractivity contribution < 1.29 is 18.8 Å². The van der Waals surface area contributed by atoms with E-state index in [9.17, 15) is 9.59 Å². The highest BCUT2D eigenvalue weighted by molar-refractivity contribution is 6.31. The first-order valence-electron chi connectivity index (χ1n) is 7.56. The van der Waals surface area contributed by atoms with Crippen molar-refractivity contribution in [3.05, 3.63) is 46.6 Å². The average Bonchev–Trinajstić information content (AvgIpc) is 2.98. The number of anilines is 1. The number of aryl methyl sites for hydroxylation is 1. The molecule has 1 aromatic carbocycles. The van der Waals surface area contributed by atoms with Crippen LogP contribution in [0.1, 0.15) is 17.7 Å². The van der Waals surface area contributed by atoms with Crippen LogP contribution in [-0.4, -0.2) is 30.4 Å². The molecule has 1 aromatic heterocycles. The van der Waals surface area contributed by atoms with Gasteiger partial charge in [-0.3, -0.25) is 15.4 Å². The second-order valence-electron chi connectivity index (χ2n) is 5.20. The van der Waals surface area contributed by atoms with Gasteiger partial charge in [0.15, 0.2) is 6.23 Å². The van der Waals surface area contributed by atoms with Gasteiger partial charge in [-0.05, 0) is 18.6 Å². The zero-order valence-electron chi connectivity index (χ0n) is 13.8. The second kappa shape index (κ2) is 9.05. The summed E-state index contributed by atoms with van der Waals surface area (Å²) in [5.74, 6) is -0.118. The molecule has 25 heavy (non-hydrogen) atoms. The smallest absolute Gasteiger partial charge is 0.415 e. The van der Waals surface area contributed by atoms with Crippen LogP contribution in [0.2, 0.25) is 5.02 Å². The molecule has 2 rings (SSSR count). The summed E-state index contributed by atoms with van der Waals surface area (Å²) in [6.45, 7) is 2.05. The summed E-state index contributed by atoms with van der Waals surface area (Å²) in [6, 6.07) is 8.80. The van der Waals surface area contributed by atoms with Gasteiger partial charge >= 0.3 is 6.09 Å². The van der Waals surface area contributed by atoms with E-state index in [-0.39, 0.29) is 18.2 Å². The van der Waals surface area contributed by atoms with Gasteiger partial charge in [-0.15, -0.1) is 0 Å². The molecule has 8 nitrogen and oxygen atoms in total. The molecule has 0 radical (unpaired) electrons. The van der Waals surface area contributed by atoms with Gasteiger partial charge in [0.25, 0.3) is 0 Å². The fourth-order valence-electron chi connectivity index (χ4n) is 1.97. The molecule has 1 heterocycles. The molecular weight excluding hydrogens is 348 g/mol. The van der Waals surface area contributed by atoms with Crippen molar-refractivity contribution in [2.75, 3.05) is 12.4 Å². The lowest BCUT2D eigenvalue weighted by Gasteiger charge is -2.19. The Hall–Kier alpha value is -2.58. The summed E-state index contributed by atoms with van der Waals surface area (Å²) < 4.78 is 10.1. The number of hydrogen-bond donors (Lipinski definition) is 3. The molecule has 0 saturated heterocycles. The monoisotopic (exact) mass is 366 g/mol. The van der Waals surface area contributed by atoms with Crippen LogP contribution in [0.5, 0.6) is 0 Å². The number of carbonyl (C=O) groups is 2. The largest absolute Gasteiger partial charge is 0.430 e. The first-order valence-corrected chi connectivity index (χ1v) is 7.94. The zero-order valence-corrected chi connectivity index (χ0v) is 14.6. The van der Waals surface area contributed by atoms with Crippen molar-refractivity contribution in [3.8, 4) is 0 Å². The Kier molecular flexibility index (Phi) is 6.79. The third kappa shape index (κ3) is 6.09. The normalized spacial score (nSPS) is 11.6. The van der Waals surface area contributed by atoms with Gasteiger partial charge in [0.2, 0.25) is 11.8 Å². The van der Waals surface area contributed by atoms with E-state index in [1.165, 1.54) is 7.05 Å². The van der Waals surface area contributed by atoms with Crippen LogP contribution in [0.4, 0.5) is 10.7 Å². The first kappa shape index (κ1) is 18.8. The van der Waals surface area contributed by atoms with E-state index in [1.54, 1.807) is 19.1 Å². The van der Waals surface area contributed by atoms with E-state index in [4.69, 9.17) is 20.9 Å². The predicted molar refractivity (Wildman–Crippen MR) is 92.1 cm³/mol. The standard InChI is InChI=1S/C16H19ClN4O4/c1-10-7-15(25-21-10)20-16(23)24-14(8-13(22)18-2)19-9-11-5-3-4-6-12(11)17/h3-7,14,19H,8-9H2,1-2H3,(H,18,22)(H,20,23). The van der Waals surface area contributed by atoms with Gasteiger partial charge in [0.1, 0.15) is 0 Å². The molecule has 0 saturated carbocycles. The Labute approximate surface area is 149 Å². The Morgan fingerprint density at radius 3 is 2.76 bits per heavy atom. The number of nitrogens with one attached hydrogen (secondary N) is 3. The van der Waals surface area contributed by atoms with Crippen LogP contribution in [0, 0.1) is 6.92 Å². The molecule has 0 fully saturated rings. The minimum absolute atomic E-state index is 0.0518. The van der Waals surface area contributed by atoms with Gasteiger partial charge in [-0.1, -0.05) is 35.0 Å². The summed E-state index contributed by atoms with van der Waals surface area (Å²) in [4.78, 5) is 23.6. The molecule has 9 heteroatoms. The van der Waals surface area contributed by atoms with E-state index >= 15 is 0 Å². The van der Waals surface area contributed by atoms with E-state index < -0.39 is 12.3 Å². The van der Waals surface area contributed by atoms with Crippen LogP contribution in [-0.2, 0) is 16.1 Å². The number of ether oxygens (including phenoxy) is 1. The van der Waals surface area contributed by atoms with Gasteiger partial charge < -0.3 is 14.6 Å². The molecular formula is C16H19ClN4O4. The van der Waals surface area contributed by atoms with Crippen LogP contribution < -0.4 is 16.0 Å². The molecule has 0 aliphatic carbocycles. The maximum absolute atomic E-state index is 12.0. The Balaban J connectivity index is 1.95. The summed E-state index contributed by atoms with van der Waals surface area (Å²) in [6.07, 6.45) is -1.67. The van der Waals surface area contributed by atoms with Crippen LogP contribution in [0.25, 0.3) is 0 Å². The minimum atomic E-state index is -0.847. The molecule has 0 bridgehead atoms. The fourth-order valence-corrected chi connectivity index (χ4v) is 2.18. The quantitative estimate of drug-likeness (QED) is 0.650. The van der Waals surface area contributed by atoms with Crippen LogP contribution >= 0.6 is 11.6 Å². The van der Waals surface area contributed by atoms with E-state index in [0.29, 0.717) is 17.3 Å². The Morgan fingerprint density at radius 2 is 2.12 bits per heavy atom. The molecule has 134 valence electrons. The minimum Gasteiger partial charge on any atom is -0.430 e. The van der Waals surface area contributed by atoms with E-state index in [0.717, 1.165) is 5.56 Å². The first-order chi connectivity index (χ1) is 12.0. The molecule has 3 N–H and O–H groups in total. The molecule has 0 aliphatic heterocycles. The zero-order chi connectivity index (χ0) is 18.2. The number of aromatic nitrogens is 1. The maximum Gasteiger partial charge on any atom is 0.415 e. The SMILES string of the molecule is CNC(=O)CC(NCc1ccccc1Cl)OC(=O)Nc1cc(C)no1. The Morgan fingerprint density at radius 1 is 1.36 bits per heavy atom. The highest BCUT2D eigenvalue weighted by atomic mass is 35.5. The number of hydrogen-bond acceptors (Lipinski definition) is 6. The fraction of sp³-hybridized carbons (Fsp3) is 0.312. The predicted octanol–water partition coefficient (Wildman–Crippen LogP) is 2.44. The van der Waals surface area contributed by atoms with E-state index in [1.807, 2.05) is 18.2 Å². The van der Waals surface area contributed by atoms with Crippen molar-refractivity contribution in [2.45, 2.75) is 26.1 Å². The average molecular weight is 367 g/mol. The lowest BCUT2D eigenvalue weighted by Crippen LogP contribution is -2.39. The van der Waals surface area contributed by atoms with Gasteiger partial charge in [0, 0.05) is 24.7 Å². The van der Waals surface area contributed by atoms with Crippen LogP contribution in [0.15, 0.2) is 34.9 Å². The van der Waals surface area contributed by atoms with Gasteiger partial charge in [-0.25, -0.2) is 4.79 Å². The molecule has 2 aromatic rings.